The molecule has 1 atom stereocenters. The molecule has 0 aliphatic rings. The van der Waals surface area contributed by atoms with Crippen LogP contribution in [0.25, 0.3) is 0 Å². The van der Waals surface area contributed by atoms with Crippen LogP contribution in [0, 0.1) is 6.92 Å². The van der Waals surface area contributed by atoms with E-state index in [1.165, 1.54) is 26.0 Å². The van der Waals surface area contributed by atoms with Crippen molar-refractivity contribution < 1.29 is 28.5 Å². The van der Waals surface area contributed by atoms with E-state index in [1.54, 1.807) is 0 Å². The van der Waals surface area contributed by atoms with E-state index >= 15 is 0 Å². The second kappa shape index (κ2) is 5.88. The first-order valence-corrected chi connectivity index (χ1v) is 7.24. The predicted octanol–water partition coefficient (Wildman–Crippen LogP) is -0.285. The Morgan fingerprint density at radius 2 is 2.00 bits per heavy atom. The molecular weight excluding hydrogens is 286 g/mol. The highest BCUT2D eigenvalue weighted by Gasteiger charge is 2.25. The number of carboxylic acids is 1. The molecular formula is C12H17NO6S. The Labute approximate surface area is 116 Å². The minimum atomic E-state index is -3.97. The summed E-state index contributed by atoms with van der Waals surface area (Å²) in [5, 5.41) is 27.3. The molecule has 0 saturated heterocycles. The number of carbonyl (C=O) groups is 1. The van der Waals surface area contributed by atoms with E-state index in [2.05, 4.69) is 4.72 Å². The molecule has 1 unspecified atom stereocenters. The molecule has 0 aliphatic heterocycles. The minimum absolute atomic E-state index is 0.148. The third-order valence-electron chi connectivity index (χ3n) is 2.71. The lowest BCUT2D eigenvalue weighted by Crippen LogP contribution is -2.43. The van der Waals surface area contributed by atoms with Crippen molar-refractivity contribution in [2.75, 3.05) is 13.2 Å². The lowest BCUT2D eigenvalue weighted by molar-refractivity contribution is 0.00680. The van der Waals surface area contributed by atoms with Crippen molar-refractivity contribution in [2.45, 2.75) is 24.3 Å². The van der Waals surface area contributed by atoms with Crippen LogP contribution >= 0.6 is 0 Å². The Morgan fingerprint density at radius 1 is 1.40 bits per heavy atom. The highest BCUT2D eigenvalue weighted by Crippen LogP contribution is 2.17. The van der Waals surface area contributed by atoms with Gasteiger partial charge in [0.15, 0.2) is 0 Å². The van der Waals surface area contributed by atoms with E-state index in [4.69, 9.17) is 10.2 Å². The molecule has 0 amide bonds. The normalized spacial score (nSPS) is 14.8. The standard InChI is InChI=1S/C12H17NO6S/c1-8-3-4-9(11(15)16)5-10(8)20(18,19)13-6-12(2,17)7-14/h3-5,13-14,17H,6-7H2,1-2H3,(H,15,16). The quantitative estimate of drug-likeness (QED) is 0.573. The number of aryl methyl sites for hydroxylation is 1. The molecule has 0 saturated carbocycles. The Kier molecular flexibility index (Phi) is 4.87. The largest absolute Gasteiger partial charge is 0.478 e. The summed E-state index contributed by atoms with van der Waals surface area (Å²) in [6.07, 6.45) is 0. The van der Waals surface area contributed by atoms with Crippen LogP contribution in [0.2, 0.25) is 0 Å². The topological polar surface area (TPSA) is 124 Å². The molecule has 0 bridgehead atoms. The second-order valence-electron chi connectivity index (χ2n) is 4.77. The maximum atomic E-state index is 12.1. The molecule has 0 radical (unpaired) electrons. The van der Waals surface area contributed by atoms with Crippen molar-refractivity contribution >= 4 is 16.0 Å². The van der Waals surface area contributed by atoms with Crippen LogP contribution < -0.4 is 4.72 Å². The summed E-state index contributed by atoms with van der Waals surface area (Å²) in [7, 11) is -3.97. The van der Waals surface area contributed by atoms with Gasteiger partial charge in [0.05, 0.1) is 22.7 Å². The smallest absolute Gasteiger partial charge is 0.335 e. The zero-order valence-corrected chi connectivity index (χ0v) is 11.9. The van der Waals surface area contributed by atoms with Gasteiger partial charge in [-0.1, -0.05) is 6.07 Å². The van der Waals surface area contributed by atoms with Gasteiger partial charge >= 0.3 is 5.97 Å². The van der Waals surface area contributed by atoms with E-state index in [0.29, 0.717) is 5.56 Å². The van der Waals surface area contributed by atoms with Crippen molar-refractivity contribution in [3.8, 4) is 0 Å². The van der Waals surface area contributed by atoms with Gasteiger partial charge in [0.2, 0.25) is 10.0 Å². The number of rotatable bonds is 6. The summed E-state index contributed by atoms with van der Waals surface area (Å²) < 4.78 is 26.3. The molecule has 0 fully saturated rings. The van der Waals surface area contributed by atoms with Crippen LogP contribution in [0.4, 0.5) is 0 Å². The molecule has 0 aromatic heterocycles. The summed E-state index contributed by atoms with van der Waals surface area (Å²) in [5.41, 5.74) is -1.36. The number of aromatic carboxylic acids is 1. The number of carboxylic acid groups (broad SMARTS) is 1. The number of aliphatic hydroxyl groups is 2. The van der Waals surface area contributed by atoms with Gasteiger partial charge in [-0.05, 0) is 31.5 Å². The zero-order valence-electron chi connectivity index (χ0n) is 11.1. The monoisotopic (exact) mass is 303 g/mol. The average Bonchev–Trinajstić information content (AvgIpc) is 2.37. The van der Waals surface area contributed by atoms with E-state index in [0.717, 1.165) is 6.07 Å². The van der Waals surface area contributed by atoms with Gasteiger partial charge in [0, 0.05) is 6.54 Å². The molecule has 0 heterocycles. The Morgan fingerprint density at radius 3 is 2.50 bits per heavy atom. The number of sulfonamides is 1. The first-order chi connectivity index (χ1) is 9.09. The summed E-state index contributed by atoms with van der Waals surface area (Å²) >= 11 is 0. The fourth-order valence-electron chi connectivity index (χ4n) is 1.41. The third-order valence-corrected chi connectivity index (χ3v) is 4.25. The van der Waals surface area contributed by atoms with Crippen LogP contribution in [0.1, 0.15) is 22.8 Å². The molecule has 1 rings (SSSR count). The van der Waals surface area contributed by atoms with Gasteiger partial charge < -0.3 is 15.3 Å². The number of hydrogen-bond donors (Lipinski definition) is 4. The van der Waals surface area contributed by atoms with Crippen LogP contribution in [0.5, 0.6) is 0 Å². The van der Waals surface area contributed by atoms with Gasteiger partial charge in [-0.25, -0.2) is 17.9 Å². The van der Waals surface area contributed by atoms with Crippen molar-refractivity contribution in [1.82, 2.24) is 4.72 Å². The minimum Gasteiger partial charge on any atom is -0.478 e. The first-order valence-electron chi connectivity index (χ1n) is 5.76. The number of nitrogens with one attached hydrogen (secondary N) is 1. The number of benzene rings is 1. The fraction of sp³-hybridized carbons (Fsp3) is 0.417. The number of aliphatic hydroxyl groups excluding tert-OH is 1. The molecule has 1 aromatic carbocycles. The fourth-order valence-corrected chi connectivity index (χ4v) is 2.84. The van der Waals surface area contributed by atoms with Gasteiger partial charge in [0.25, 0.3) is 0 Å². The Bertz CT molecular complexity index is 608. The summed E-state index contributed by atoms with van der Waals surface area (Å²) in [6.45, 7) is 1.81. The average molecular weight is 303 g/mol. The van der Waals surface area contributed by atoms with Crippen LogP contribution in [-0.2, 0) is 10.0 Å². The van der Waals surface area contributed by atoms with Gasteiger partial charge in [-0.15, -0.1) is 0 Å². The van der Waals surface area contributed by atoms with E-state index in [1.807, 2.05) is 0 Å². The Hall–Kier alpha value is -1.48. The lowest BCUT2D eigenvalue weighted by Gasteiger charge is -2.21. The van der Waals surface area contributed by atoms with Crippen LogP contribution in [-0.4, -0.2) is 48.5 Å². The first kappa shape index (κ1) is 16.6. The van der Waals surface area contributed by atoms with Crippen molar-refractivity contribution in [1.29, 1.82) is 0 Å². The second-order valence-corrected chi connectivity index (χ2v) is 6.50. The lowest BCUT2D eigenvalue weighted by atomic mass is 10.1. The molecule has 0 spiro atoms. The molecule has 1 aromatic rings. The molecule has 4 N–H and O–H groups in total. The van der Waals surface area contributed by atoms with E-state index in [-0.39, 0.29) is 17.0 Å². The van der Waals surface area contributed by atoms with Gasteiger partial charge in [-0.2, -0.15) is 0 Å². The number of hydrogen-bond acceptors (Lipinski definition) is 5. The molecule has 7 nitrogen and oxygen atoms in total. The maximum Gasteiger partial charge on any atom is 0.335 e. The van der Waals surface area contributed by atoms with Crippen molar-refractivity contribution in [3.05, 3.63) is 29.3 Å². The summed E-state index contributed by atoms with van der Waals surface area (Å²) in [6, 6.07) is 3.75. The Balaban J connectivity index is 3.09. The van der Waals surface area contributed by atoms with Crippen molar-refractivity contribution in [2.24, 2.45) is 0 Å². The molecule has 8 heteroatoms. The van der Waals surface area contributed by atoms with Gasteiger partial charge in [0.1, 0.15) is 0 Å². The molecule has 20 heavy (non-hydrogen) atoms. The van der Waals surface area contributed by atoms with Gasteiger partial charge in [-0.3, -0.25) is 0 Å². The predicted molar refractivity (Wildman–Crippen MR) is 71.0 cm³/mol. The SMILES string of the molecule is Cc1ccc(C(=O)O)cc1S(=O)(=O)NCC(C)(O)CO. The van der Waals surface area contributed by atoms with Crippen LogP contribution in [0.3, 0.4) is 0 Å². The molecule has 112 valence electrons. The highest BCUT2D eigenvalue weighted by atomic mass is 32.2. The highest BCUT2D eigenvalue weighted by molar-refractivity contribution is 7.89. The summed E-state index contributed by atoms with van der Waals surface area (Å²) in [5.74, 6) is -1.23. The van der Waals surface area contributed by atoms with E-state index < -0.39 is 28.2 Å². The zero-order chi connectivity index (χ0) is 15.6. The van der Waals surface area contributed by atoms with Crippen LogP contribution in [0.15, 0.2) is 23.1 Å². The maximum absolute atomic E-state index is 12.1. The summed E-state index contributed by atoms with van der Waals surface area (Å²) in [4.78, 5) is 10.7. The van der Waals surface area contributed by atoms with Crippen molar-refractivity contribution in [3.63, 3.8) is 0 Å². The third kappa shape index (κ3) is 4.01. The molecule has 0 aliphatic carbocycles. The van der Waals surface area contributed by atoms with E-state index in [9.17, 15) is 18.3 Å².